The summed E-state index contributed by atoms with van der Waals surface area (Å²) >= 11 is 6.04. The summed E-state index contributed by atoms with van der Waals surface area (Å²) in [5.74, 6) is 1.15. The van der Waals surface area contributed by atoms with Gasteiger partial charge < -0.3 is 4.40 Å². The van der Waals surface area contributed by atoms with Crippen LogP contribution in [0.3, 0.4) is 0 Å². The molecule has 3 heterocycles. The summed E-state index contributed by atoms with van der Waals surface area (Å²) in [5.41, 5.74) is 1.08. The van der Waals surface area contributed by atoms with Crippen LogP contribution in [0.5, 0.6) is 0 Å². The van der Waals surface area contributed by atoms with Crippen LogP contribution in [0.25, 0.3) is 5.52 Å². The molecule has 4 heteroatoms. The fraction of sp³-hybridized carbons (Fsp3) is 0.533. The van der Waals surface area contributed by atoms with Crippen molar-refractivity contribution in [1.82, 2.24) is 14.3 Å². The van der Waals surface area contributed by atoms with Gasteiger partial charge in [-0.3, -0.25) is 4.90 Å². The molecule has 1 aliphatic heterocycles. The Bertz CT molecular complexity index is 576. The molecule has 1 aliphatic rings. The van der Waals surface area contributed by atoms with Gasteiger partial charge in [0.2, 0.25) is 0 Å². The van der Waals surface area contributed by atoms with Gasteiger partial charge in [0.15, 0.2) is 0 Å². The van der Waals surface area contributed by atoms with Crippen LogP contribution in [-0.4, -0.2) is 26.9 Å². The molecule has 2 aromatic rings. The van der Waals surface area contributed by atoms with Gasteiger partial charge in [0, 0.05) is 17.3 Å². The molecule has 0 aliphatic carbocycles. The monoisotopic (exact) mass is 277 g/mol. The standard InChI is InChI=1S/C15H20ClN3/c1-11(2)18-7-4-3-5-14(18)15-17-10-13-9-12(16)6-8-19(13)15/h6,8-11,14H,3-5,7H2,1-2H3. The fourth-order valence-electron chi connectivity index (χ4n) is 3.09. The zero-order valence-corrected chi connectivity index (χ0v) is 12.3. The van der Waals surface area contributed by atoms with E-state index < -0.39 is 0 Å². The van der Waals surface area contributed by atoms with E-state index in [4.69, 9.17) is 11.6 Å². The second kappa shape index (κ2) is 5.14. The molecule has 0 amide bonds. The molecule has 0 bridgehead atoms. The Morgan fingerprint density at radius 2 is 2.21 bits per heavy atom. The normalized spacial score (nSPS) is 21.4. The van der Waals surface area contributed by atoms with Gasteiger partial charge in [-0.05, 0) is 45.4 Å². The molecular weight excluding hydrogens is 258 g/mol. The summed E-state index contributed by atoms with van der Waals surface area (Å²) in [4.78, 5) is 7.22. The van der Waals surface area contributed by atoms with Crippen LogP contribution in [0, 0.1) is 0 Å². The Morgan fingerprint density at radius 1 is 1.37 bits per heavy atom. The van der Waals surface area contributed by atoms with Gasteiger partial charge in [0.25, 0.3) is 0 Å². The lowest BCUT2D eigenvalue weighted by molar-refractivity contribution is 0.106. The molecule has 1 unspecified atom stereocenters. The maximum absolute atomic E-state index is 6.04. The van der Waals surface area contributed by atoms with E-state index >= 15 is 0 Å². The number of likely N-dealkylation sites (tertiary alicyclic amines) is 1. The van der Waals surface area contributed by atoms with E-state index in [-0.39, 0.29) is 0 Å². The molecule has 0 aromatic carbocycles. The molecule has 102 valence electrons. The lowest BCUT2D eigenvalue weighted by Gasteiger charge is -2.37. The van der Waals surface area contributed by atoms with Crippen LogP contribution < -0.4 is 0 Å². The van der Waals surface area contributed by atoms with E-state index in [1.165, 1.54) is 25.8 Å². The van der Waals surface area contributed by atoms with E-state index in [0.29, 0.717) is 12.1 Å². The van der Waals surface area contributed by atoms with Crippen molar-refractivity contribution in [2.24, 2.45) is 0 Å². The Morgan fingerprint density at radius 3 is 3.00 bits per heavy atom. The number of nitrogens with zero attached hydrogens (tertiary/aromatic N) is 3. The second-order valence-corrected chi connectivity index (χ2v) is 6.04. The van der Waals surface area contributed by atoms with E-state index in [1.807, 2.05) is 24.5 Å². The summed E-state index contributed by atoms with van der Waals surface area (Å²) in [6.45, 7) is 5.71. The molecule has 2 aromatic heterocycles. The number of imidazole rings is 1. The first kappa shape index (κ1) is 12.9. The minimum Gasteiger partial charge on any atom is -0.302 e. The smallest absolute Gasteiger partial charge is 0.130 e. The number of rotatable bonds is 2. The molecule has 19 heavy (non-hydrogen) atoms. The summed E-state index contributed by atoms with van der Waals surface area (Å²) < 4.78 is 2.18. The van der Waals surface area contributed by atoms with Crippen LogP contribution in [-0.2, 0) is 0 Å². The van der Waals surface area contributed by atoms with E-state index in [9.17, 15) is 0 Å². The highest BCUT2D eigenvalue weighted by atomic mass is 35.5. The van der Waals surface area contributed by atoms with Crippen LogP contribution >= 0.6 is 11.6 Å². The van der Waals surface area contributed by atoms with Crippen molar-refractivity contribution >= 4 is 17.1 Å². The molecule has 1 atom stereocenters. The predicted octanol–water partition coefficient (Wildman–Crippen LogP) is 3.92. The van der Waals surface area contributed by atoms with Gasteiger partial charge in [0.1, 0.15) is 5.82 Å². The summed E-state index contributed by atoms with van der Waals surface area (Å²) in [5, 5.41) is 0.767. The molecule has 1 saturated heterocycles. The second-order valence-electron chi connectivity index (χ2n) is 5.60. The third-order valence-electron chi connectivity index (χ3n) is 4.03. The molecule has 1 fully saturated rings. The first-order valence-corrected chi connectivity index (χ1v) is 7.43. The quantitative estimate of drug-likeness (QED) is 0.829. The zero-order chi connectivity index (χ0) is 13.4. The van der Waals surface area contributed by atoms with E-state index in [2.05, 4.69) is 28.1 Å². The number of fused-ring (bicyclic) bond motifs is 1. The molecule has 0 spiro atoms. The summed E-state index contributed by atoms with van der Waals surface area (Å²) in [6, 6.07) is 4.89. The third kappa shape index (κ3) is 2.37. The number of hydrogen-bond acceptors (Lipinski definition) is 2. The number of pyridine rings is 1. The fourth-order valence-corrected chi connectivity index (χ4v) is 3.26. The average molecular weight is 278 g/mol. The van der Waals surface area contributed by atoms with Crippen molar-refractivity contribution in [3.63, 3.8) is 0 Å². The highest BCUT2D eigenvalue weighted by Gasteiger charge is 2.28. The van der Waals surface area contributed by atoms with Crippen LogP contribution in [0.2, 0.25) is 5.02 Å². The third-order valence-corrected chi connectivity index (χ3v) is 4.26. The van der Waals surface area contributed by atoms with Crippen molar-refractivity contribution in [2.45, 2.75) is 45.2 Å². The molecule has 3 nitrogen and oxygen atoms in total. The van der Waals surface area contributed by atoms with Crippen LogP contribution in [0.1, 0.15) is 45.0 Å². The number of piperidine rings is 1. The minimum atomic E-state index is 0.428. The minimum absolute atomic E-state index is 0.428. The van der Waals surface area contributed by atoms with Gasteiger partial charge >= 0.3 is 0 Å². The first-order valence-electron chi connectivity index (χ1n) is 7.05. The lowest BCUT2D eigenvalue weighted by atomic mass is 10.00. The van der Waals surface area contributed by atoms with Gasteiger partial charge in [0.05, 0.1) is 17.8 Å². The molecule has 0 radical (unpaired) electrons. The summed E-state index contributed by atoms with van der Waals surface area (Å²) in [7, 11) is 0. The van der Waals surface area contributed by atoms with Crippen molar-refractivity contribution in [3.05, 3.63) is 35.4 Å². The van der Waals surface area contributed by atoms with Gasteiger partial charge in [-0.15, -0.1) is 0 Å². The largest absolute Gasteiger partial charge is 0.302 e. The number of aromatic nitrogens is 2. The first-order chi connectivity index (χ1) is 9.16. The zero-order valence-electron chi connectivity index (χ0n) is 11.5. The highest BCUT2D eigenvalue weighted by Crippen LogP contribution is 2.32. The Balaban J connectivity index is 2.02. The van der Waals surface area contributed by atoms with Crippen molar-refractivity contribution in [2.75, 3.05) is 6.54 Å². The lowest BCUT2D eigenvalue weighted by Crippen LogP contribution is -2.39. The van der Waals surface area contributed by atoms with Crippen molar-refractivity contribution in [1.29, 1.82) is 0 Å². The molecule has 0 N–H and O–H groups in total. The average Bonchev–Trinajstić information content (AvgIpc) is 2.81. The topological polar surface area (TPSA) is 20.5 Å². The van der Waals surface area contributed by atoms with Crippen molar-refractivity contribution < 1.29 is 0 Å². The van der Waals surface area contributed by atoms with Crippen LogP contribution in [0.4, 0.5) is 0 Å². The summed E-state index contributed by atoms with van der Waals surface area (Å²) in [6.07, 6.45) is 7.74. The predicted molar refractivity (Wildman–Crippen MR) is 78.6 cm³/mol. The van der Waals surface area contributed by atoms with Gasteiger partial charge in [-0.1, -0.05) is 18.0 Å². The Hall–Kier alpha value is -1.06. The van der Waals surface area contributed by atoms with E-state index in [1.54, 1.807) is 0 Å². The highest BCUT2D eigenvalue weighted by molar-refractivity contribution is 6.30. The van der Waals surface area contributed by atoms with Crippen molar-refractivity contribution in [3.8, 4) is 0 Å². The SMILES string of the molecule is CC(C)N1CCCCC1c1ncc2cc(Cl)ccn12. The Kier molecular flexibility index (Phi) is 3.50. The van der Waals surface area contributed by atoms with Gasteiger partial charge in [-0.2, -0.15) is 0 Å². The molecule has 0 saturated carbocycles. The Labute approximate surface area is 119 Å². The number of halogens is 1. The molecule has 3 rings (SSSR count). The maximum Gasteiger partial charge on any atom is 0.130 e. The van der Waals surface area contributed by atoms with Crippen LogP contribution in [0.15, 0.2) is 24.5 Å². The van der Waals surface area contributed by atoms with E-state index in [0.717, 1.165) is 16.4 Å². The number of hydrogen-bond donors (Lipinski definition) is 0. The molecular formula is C15H20ClN3. The maximum atomic E-state index is 6.04. The van der Waals surface area contributed by atoms with Gasteiger partial charge in [-0.25, -0.2) is 4.98 Å².